The van der Waals surface area contributed by atoms with Crippen molar-refractivity contribution in [3.8, 4) is 0 Å². The molecule has 4 amide bonds. The first-order valence-electron chi connectivity index (χ1n) is 11.7. The molecule has 1 saturated heterocycles. The standard InChI is InChI=1S/C21H19Cl6N5O10S2/c1-7(33)40-2-8-3-43-15-11(14(35)32(15)12(8)16(36)37)29-13(34)10(30-18(38)41-5-20(22,23)24)9-4-44-17(28-9)31-19(39)42-6-21(25,26)27/h4,10-11,15H,2-3,5-6H2,1H3,(H,29,34)(H,30,38)(H,36,37)(H,28,31,39)/t10?,11-,15+/m0/s1. The fourth-order valence-electron chi connectivity index (χ4n) is 3.55. The van der Waals surface area contributed by atoms with Gasteiger partial charge in [-0.1, -0.05) is 69.6 Å². The number of carboxylic acids is 1. The number of carbonyl (C=O) groups is 6. The number of aliphatic carboxylic acids is 1. The van der Waals surface area contributed by atoms with Crippen LogP contribution in [0, 0.1) is 0 Å². The van der Waals surface area contributed by atoms with Gasteiger partial charge in [0.05, 0.1) is 5.69 Å². The molecule has 0 radical (unpaired) electrons. The second-order valence-electron chi connectivity index (χ2n) is 8.60. The van der Waals surface area contributed by atoms with Gasteiger partial charge in [0, 0.05) is 23.6 Å². The van der Waals surface area contributed by atoms with Crippen molar-refractivity contribution in [1.82, 2.24) is 20.5 Å². The van der Waals surface area contributed by atoms with Crippen LogP contribution in [0.5, 0.6) is 0 Å². The van der Waals surface area contributed by atoms with Crippen LogP contribution < -0.4 is 16.0 Å². The molecule has 23 heteroatoms. The summed E-state index contributed by atoms with van der Waals surface area (Å²) in [6.07, 6.45) is -2.25. The SMILES string of the molecule is CC(=O)OCC1=C(C(=O)O)N2C(=O)[C@H](NC(=O)C(NC(=O)OCC(Cl)(Cl)Cl)c3csc(NC(=O)OCC(Cl)(Cl)Cl)n3)[C@H]2SC1. The Bertz CT molecular complexity index is 1370. The number of alkyl halides is 6. The number of aromatic nitrogens is 1. The largest absolute Gasteiger partial charge is 0.477 e. The second-order valence-corrected chi connectivity index (χ2v) is 15.6. The van der Waals surface area contributed by atoms with E-state index in [-0.39, 0.29) is 34.5 Å². The quantitative estimate of drug-likeness (QED) is 0.117. The number of β-lactam (4-membered cyclic amide) rings is 1. The number of nitrogens with zero attached hydrogens (tertiary/aromatic N) is 2. The number of nitrogens with one attached hydrogen (secondary N) is 3. The summed E-state index contributed by atoms with van der Waals surface area (Å²) in [4.78, 5) is 79.0. The van der Waals surface area contributed by atoms with E-state index in [0.717, 1.165) is 34.9 Å². The second kappa shape index (κ2) is 15.0. The third kappa shape index (κ3) is 10.2. The van der Waals surface area contributed by atoms with E-state index >= 15 is 0 Å². The van der Waals surface area contributed by atoms with Gasteiger partial charge in [-0.25, -0.2) is 19.4 Å². The van der Waals surface area contributed by atoms with Gasteiger partial charge in [0.25, 0.3) is 5.91 Å². The maximum absolute atomic E-state index is 13.4. The molecule has 3 atom stereocenters. The zero-order valence-corrected chi connectivity index (χ0v) is 27.9. The molecule has 2 aliphatic heterocycles. The maximum Gasteiger partial charge on any atom is 0.413 e. The molecule has 242 valence electrons. The summed E-state index contributed by atoms with van der Waals surface area (Å²) < 4.78 is 10.6. The van der Waals surface area contributed by atoms with E-state index in [2.05, 4.69) is 20.9 Å². The predicted molar refractivity (Wildman–Crippen MR) is 161 cm³/mol. The van der Waals surface area contributed by atoms with Crippen LogP contribution in [0.25, 0.3) is 0 Å². The molecule has 0 bridgehead atoms. The zero-order chi connectivity index (χ0) is 33.0. The predicted octanol–water partition coefficient (Wildman–Crippen LogP) is 3.50. The third-order valence-corrected chi connectivity index (χ3v) is 8.05. The van der Waals surface area contributed by atoms with E-state index < -0.39 is 74.2 Å². The lowest BCUT2D eigenvalue weighted by atomic mass is 10.0. The fraction of sp³-hybridized carbons (Fsp3) is 0.476. The summed E-state index contributed by atoms with van der Waals surface area (Å²) in [5.74, 6) is -3.72. The normalized spacial score (nSPS) is 18.8. The molecule has 3 heterocycles. The van der Waals surface area contributed by atoms with Crippen molar-refractivity contribution in [2.24, 2.45) is 0 Å². The lowest BCUT2D eigenvalue weighted by molar-refractivity contribution is -0.151. The van der Waals surface area contributed by atoms with E-state index in [4.69, 9.17) is 83.8 Å². The van der Waals surface area contributed by atoms with E-state index in [0.29, 0.717) is 0 Å². The van der Waals surface area contributed by atoms with Gasteiger partial charge in [0.2, 0.25) is 13.5 Å². The van der Waals surface area contributed by atoms with Crippen molar-refractivity contribution >= 4 is 134 Å². The highest BCUT2D eigenvalue weighted by atomic mass is 35.6. The summed E-state index contributed by atoms with van der Waals surface area (Å²) in [6, 6.07) is -2.84. The summed E-state index contributed by atoms with van der Waals surface area (Å²) in [7, 11) is 0. The minimum Gasteiger partial charge on any atom is -0.477 e. The molecule has 1 aromatic heterocycles. The van der Waals surface area contributed by atoms with Gasteiger partial charge < -0.3 is 30.0 Å². The van der Waals surface area contributed by atoms with E-state index in [1.54, 1.807) is 0 Å². The Morgan fingerprint density at radius 2 is 1.68 bits per heavy atom. The molecule has 1 fully saturated rings. The molecule has 0 spiro atoms. The fourth-order valence-corrected chi connectivity index (χ4v) is 5.92. The highest BCUT2D eigenvalue weighted by molar-refractivity contribution is 8.00. The molecule has 44 heavy (non-hydrogen) atoms. The third-order valence-electron chi connectivity index (χ3n) is 5.28. The monoisotopic (exact) mass is 775 g/mol. The first kappa shape index (κ1) is 36.3. The smallest absolute Gasteiger partial charge is 0.413 e. The van der Waals surface area contributed by atoms with Crippen molar-refractivity contribution in [3.05, 3.63) is 22.3 Å². The molecule has 4 N–H and O–H groups in total. The first-order chi connectivity index (χ1) is 20.4. The highest BCUT2D eigenvalue weighted by Crippen LogP contribution is 2.40. The Kier molecular flexibility index (Phi) is 12.4. The number of carbonyl (C=O) groups excluding carboxylic acids is 5. The summed E-state index contributed by atoms with van der Waals surface area (Å²) >= 11 is 35.4. The summed E-state index contributed by atoms with van der Waals surface area (Å²) in [5.41, 5.74) is -0.296. The number of hydrogen-bond donors (Lipinski definition) is 4. The number of thiazole rings is 1. The van der Waals surface area contributed by atoms with Crippen LogP contribution in [0.3, 0.4) is 0 Å². The number of thioether (sulfide) groups is 1. The lowest BCUT2D eigenvalue weighted by Crippen LogP contribution is -2.71. The number of ether oxygens (including phenoxy) is 3. The number of rotatable bonds is 10. The minimum absolute atomic E-state index is 0.0796. The molecule has 2 aliphatic rings. The van der Waals surface area contributed by atoms with E-state index in [1.807, 2.05) is 0 Å². The highest BCUT2D eigenvalue weighted by Gasteiger charge is 2.54. The van der Waals surface area contributed by atoms with Gasteiger partial charge in [0.15, 0.2) is 11.2 Å². The maximum atomic E-state index is 13.4. The van der Waals surface area contributed by atoms with Crippen LogP contribution in [0.4, 0.5) is 14.7 Å². The van der Waals surface area contributed by atoms with Crippen LogP contribution in [-0.2, 0) is 33.4 Å². The van der Waals surface area contributed by atoms with Gasteiger partial charge >= 0.3 is 24.1 Å². The summed E-state index contributed by atoms with van der Waals surface area (Å²) in [6.45, 7) is -0.458. The van der Waals surface area contributed by atoms with Crippen LogP contribution >= 0.6 is 92.7 Å². The number of esters is 1. The van der Waals surface area contributed by atoms with Gasteiger partial charge in [-0.3, -0.25) is 24.6 Å². The topological polar surface area (TPSA) is 203 Å². The number of amides is 4. The van der Waals surface area contributed by atoms with Gasteiger partial charge in [-0.15, -0.1) is 23.1 Å². The summed E-state index contributed by atoms with van der Waals surface area (Å²) in [5, 5.41) is 17.0. The van der Waals surface area contributed by atoms with Gasteiger partial charge in [-0.05, 0) is 0 Å². The van der Waals surface area contributed by atoms with Crippen molar-refractivity contribution in [1.29, 1.82) is 0 Å². The number of halogens is 6. The Hall–Kier alpha value is -2.12. The van der Waals surface area contributed by atoms with Crippen LogP contribution in [0.15, 0.2) is 16.7 Å². The molecule has 0 aliphatic carbocycles. The average molecular weight is 778 g/mol. The van der Waals surface area contributed by atoms with Crippen LogP contribution in [0.1, 0.15) is 18.7 Å². The Balaban J connectivity index is 1.77. The number of anilines is 1. The molecule has 15 nitrogen and oxygen atoms in total. The average Bonchev–Trinajstić information content (AvgIpc) is 3.37. The van der Waals surface area contributed by atoms with Crippen molar-refractivity contribution < 1.29 is 48.1 Å². The first-order valence-corrected chi connectivity index (χ1v) is 15.9. The number of fused-ring (bicyclic) bond motifs is 1. The van der Waals surface area contributed by atoms with E-state index in [1.165, 1.54) is 5.38 Å². The molecule has 0 saturated carbocycles. The molecular formula is C21H19Cl6N5O10S2. The molecule has 1 aromatic rings. The lowest BCUT2D eigenvalue weighted by Gasteiger charge is -2.49. The van der Waals surface area contributed by atoms with E-state index in [9.17, 15) is 33.9 Å². The van der Waals surface area contributed by atoms with Gasteiger partial charge in [-0.2, -0.15) is 0 Å². The molecular weight excluding hydrogens is 759 g/mol. The Labute approximate surface area is 286 Å². The molecule has 3 rings (SSSR count). The molecule has 0 aromatic carbocycles. The molecule has 1 unspecified atom stereocenters. The Morgan fingerprint density at radius 3 is 2.25 bits per heavy atom. The minimum atomic E-state index is -1.97. The Morgan fingerprint density at radius 1 is 1.07 bits per heavy atom. The zero-order valence-electron chi connectivity index (χ0n) is 21.7. The van der Waals surface area contributed by atoms with Gasteiger partial charge in [0.1, 0.15) is 36.9 Å². The number of hydrogen-bond acceptors (Lipinski definition) is 12. The van der Waals surface area contributed by atoms with Crippen molar-refractivity contribution in [2.45, 2.75) is 32.0 Å². The number of alkyl carbamates (subject to hydrolysis) is 1. The van der Waals surface area contributed by atoms with Crippen molar-refractivity contribution in [3.63, 3.8) is 0 Å². The van der Waals surface area contributed by atoms with Crippen LogP contribution in [-0.4, -0.2) is 95.5 Å². The number of carboxylic acid groups (broad SMARTS) is 1. The van der Waals surface area contributed by atoms with Crippen LogP contribution in [0.2, 0.25) is 0 Å². The van der Waals surface area contributed by atoms with Crippen molar-refractivity contribution in [2.75, 3.05) is 30.9 Å².